The molecule has 2 atom stereocenters. The highest BCUT2D eigenvalue weighted by Crippen LogP contribution is 2.27. The van der Waals surface area contributed by atoms with E-state index >= 15 is 0 Å². The highest BCUT2D eigenvalue weighted by molar-refractivity contribution is 14.1. The van der Waals surface area contributed by atoms with E-state index in [1.807, 2.05) is 17.0 Å². The second kappa shape index (κ2) is 6.20. The second-order valence-electron chi connectivity index (χ2n) is 5.54. The van der Waals surface area contributed by atoms with E-state index in [4.69, 9.17) is 11.6 Å². The van der Waals surface area contributed by atoms with Gasteiger partial charge < -0.3 is 10.2 Å². The monoisotopic (exact) mass is 404 g/mol. The third-order valence-corrected chi connectivity index (χ3v) is 5.86. The Bertz CT molecular complexity index is 517. The van der Waals surface area contributed by atoms with Crippen LogP contribution < -0.4 is 5.32 Å². The van der Waals surface area contributed by atoms with Gasteiger partial charge in [-0.05, 0) is 73.0 Å². The van der Waals surface area contributed by atoms with Crippen molar-refractivity contribution in [2.45, 2.75) is 37.8 Å². The van der Waals surface area contributed by atoms with Crippen molar-refractivity contribution in [2.24, 2.45) is 0 Å². The van der Waals surface area contributed by atoms with Gasteiger partial charge in [0.1, 0.15) is 0 Å². The fourth-order valence-electron chi connectivity index (χ4n) is 3.30. The van der Waals surface area contributed by atoms with Crippen molar-refractivity contribution >= 4 is 40.1 Å². The summed E-state index contributed by atoms with van der Waals surface area (Å²) in [6.45, 7) is 1.95. The van der Waals surface area contributed by atoms with Gasteiger partial charge in [-0.3, -0.25) is 4.79 Å². The van der Waals surface area contributed by atoms with Crippen LogP contribution in [0.2, 0.25) is 5.02 Å². The average molecular weight is 405 g/mol. The van der Waals surface area contributed by atoms with Gasteiger partial charge >= 0.3 is 0 Å². The molecule has 2 unspecified atom stereocenters. The van der Waals surface area contributed by atoms with Crippen LogP contribution in [0.15, 0.2) is 18.2 Å². The molecule has 0 aliphatic carbocycles. The number of nitrogens with one attached hydrogen (secondary N) is 1. The summed E-state index contributed by atoms with van der Waals surface area (Å²) in [5.74, 6) is 0.125. The molecule has 1 amide bonds. The zero-order valence-electron chi connectivity index (χ0n) is 11.2. The maximum absolute atomic E-state index is 12.7. The van der Waals surface area contributed by atoms with Gasteiger partial charge in [0, 0.05) is 27.8 Å². The van der Waals surface area contributed by atoms with Crippen molar-refractivity contribution < 1.29 is 4.79 Å². The molecule has 108 valence electrons. The molecule has 3 rings (SSSR count). The molecule has 2 aliphatic rings. The lowest BCUT2D eigenvalue weighted by atomic mass is 10.0. The van der Waals surface area contributed by atoms with Gasteiger partial charge in [0.15, 0.2) is 0 Å². The summed E-state index contributed by atoms with van der Waals surface area (Å²) in [4.78, 5) is 14.8. The molecular weight excluding hydrogens is 387 g/mol. The van der Waals surface area contributed by atoms with Gasteiger partial charge in [-0.2, -0.15) is 0 Å². The van der Waals surface area contributed by atoms with Crippen LogP contribution in [0.5, 0.6) is 0 Å². The van der Waals surface area contributed by atoms with Crippen LogP contribution in [0.3, 0.4) is 0 Å². The number of benzene rings is 1. The van der Waals surface area contributed by atoms with Crippen molar-refractivity contribution in [3.63, 3.8) is 0 Å². The lowest BCUT2D eigenvalue weighted by Crippen LogP contribution is -2.46. The molecule has 2 aliphatic heterocycles. The molecule has 2 heterocycles. The summed E-state index contributed by atoms with van der Waals surface area (Å²) in [6.07, 6.45) is 4.62. The molecule has 2 saturated heterocycles. The predicted molar refractivity (Wildman–Crippen MR) is 89.3 cm³/mol. The third kappa shape index (κ3) is 2.83. The lowest BCUT2D eigenvalue weighted by Gasteiger charge is -2.29. The van der Waals surface area contributed by atoms with Crippen LogP contribution in [0.25, 0.3) is 0 Å². The van der Waals surface area contributed by atoms with Crippen LogP contribution in [0.1, 0.15) is 36.0 Å². The molecule has 2 fully saturated rings. The Morgan fingerprint density at radius 1 is 1.35 bits per heavy atom. The van der Waals surface area contributed by atoms with E-state index in [0.717, 1.165) is 29.5 Å². The molecule has 1 N–H and O–H groups in total. The minimum atomic E-state index is 0.125. The fourth-order valence-corrected chi connectivity index (χ4v) is 3.81. The van der Waals surface area contributed by atoms with Gasteiger partial charge in [-0.1, -0.05) is 11.6 Å². The van der Waals surface area contributed by atoms with Gasteiger partial charge in [0.05, 0.1) is 5.02 Å². The van der Waals surface area contributed by atoms with E-state index in [-0.39, 0.29) is 5.91 Å². The molecule has 3 nitrogen and oxygen atoms in total. The first-order chi connectivity index (χ1) is 9.66. The van der Waals surface area contributed by atoms with Crippen molar-refractivity contribution in [3.8, 4) is 0 Å². The molecular formula is C15H18ClIN2O. The smallest absolute Gasteiger partial charge is 0.254 e. The van der Waals surface area contributed by atoms with Crippen LogP contribution >= 0.6 is 34.2 Å². The van der Waals surface area contributed by atoms with Crippen LogP contribution in [0.4, 0.5) is 0 Å². The Morgan fingerprint density at radius 2 is 2.20 bits per heavy atom. The minimum absolute atomic E-state index is 0.125. The molecule has 0 bridgehead atoms. The van der Waals surface area contributed by atoms with Crippen LogP contribution in [-0.2, 0) is 0 Å². The van der Waals surface area contributed by atoms with E-state index in [2.05, 4.69) is 27.9 Å². The number of hydrogen-bond acceptors (Lipinski definition) is 2. The summed E-state index contributed by atoms with van der Waals surface area (Å²) in [5, 5.41) is 4.19. The number of nitrogens with zero attached hydrogens (tertiary/aromatic N) is 1. The van der Waals surface area contributed by atoms with Crippen molar-refractivity contribution in [1.29, 1.82) is 0 Å². The van der Waals surface area contributed by atoms with E-state index in [1.54, 1.807) is 6.07 Å². The fraction of sp³-hybridized carbons (Fsp3) is 0.533. The first-order valence-corrected chi connectivity index (χ1v) is 8.62. The van der Waals surface area contributed by atoms with Crippen LogP contribution in [-0.4, -0.2) is 36.0 Å². The quantitative estimate of drug-likeness (QED) is 0.767. The molecule has 1 aromatic carbocycles. The van der Waals surface area contributed by atoms with Gasteiger partial charge in [-0.25, -0.2) is 0 Å². The maximum Gasteiger partial charge on any atom is 0.254 e. The predicted octanol–water partition coefficient (Wildman–Crippen LogP) is 3.30. The number of carbonyl (C=O) groups excluding carboxylic acids is 1. The zero-order valence-corrected chi connectivity index (χ0v) is 14.2. The number of halogens is 2. The standard InChI is InChI=1S/C15H18ClIN2O/c16-11-9-10(5-6-12(11)17)15(20)19-8-2-4-14(19)13-3-1-7-18-13/h5-6,9,13-14,18H,1-4,7-8H2. The largest absolute Gasteiger partial charge is 0.334 e. The van der Waals surface area contributed by atoms with E-state index in [9.17, 15) is 4.79 Å². The molecule has 0 radical (unpaired) electrons. The van der Waals surface area contributed by atoms with Gasteiger partial charge in [-0.15, -0.1) is 0 Å². The first-order valence-electron chi connectivity index (χ1n) is 7.16. The Labute approximate surface area is 138 Å². The Kier molecular flexibility index (Phi) is 4.52. The zero-order chi connectivity index (χ0) is 14.1. The molecule has 0 aromatic heterocycles. The molecule has 0 spiro atoms. The van der Waals surface area contributed by atoms with Crippen LogP contribution in [0, 0.1) is 3.57 Å². The number of amides is 1. The summed E-state index contributed by atoms with van der Waals surface area (Å²) in [5.41, 5.74) is 0.709. The number of likely N-dealkylation sites (tertiary alicyclic amines) is 1. The summed E-state index contributed by atoms with van der Waals surface area (Å²) in [6, 6.07) is 6.41. The summed E-state index contributed by atoms with van der Waals surface area (Å²) in [7, 11) is 0. The SMILES string of the molecule is O=C(c1ccc(I)c(Cl)c1)N1CCCC1C1CCCN1. The highest BCUT2D eigenvalue weighted by atomic mass is 127. The Morgan fingerprint density at radius 3 is 2.90 bits per heavy atom. The van der Waals surface area contributed by atoms with E-state index in [0.29, 0.717) is 22.7 Å². The highest BCUT2D eigenvalue weighted by Gasteiger charge is 2.36. The molecule has 5 heteroatoms. The maximum atomic E-state index is 12.7. The second-order valence-corrected chi connectivity index (χ2v) is 7.11. The molecule has 20 heavy (non-hydrogen) atoms. The number of carbonyl (C=O) groups is 1. The van der Waals surface area contributed by atoms with E-state index in [1.165, 1.54) is 12.8 Å². The van der Waals surface area contributed by atoms with Crippen molar-refractivity contribution in [3.05, 3.63) is 32.4 Å². The summed E-state index contributed by atoms with van der Waals surface area (Å²) < 4.78 is 0.983. The Balaban J connectivity index is 1.79. The first kappa shape index (κ1) is 14.6. The number of hydrogen-bond donors (Lipinski definition) is 1. The van der Waals surface area contributed by atoms with Crippen molar-refractivity contribution in [1.82, 2.24) is 10.2 Å². The topological polar surface area (TPSA) is 32.3 Å². The minimum Gasteiger partial charge on any atom is -0.334 e. The average Bonchev–Trinajstić information content (AvgIpc) is 3.10. The van der Waals surface area contributed by atoms with Crippen molar-refractivity contribution in [2.75, 3.05) is 13.1 Å². The normalized spacial score (nSPS) is 26.2. The lowest BCUT2D eigenvalue weighted by molar-refractivity contribution is 0.0711. The third-order valence-electron chi connectivity index (χ3n) is 4.29. The van der Waals surface area contributed by atoms with Gasteiger partial charge in [0.25, 0.3) is 5.91 Å². The van der Waals surface area contributed by atoms with Gasteiger partial charge in [0.2, 0.25) is 0 Å². The van der Waals surface area contributed by atoms with E-state index < -0.39 is 0 Å². The molecule has 1 aromatic rings. The number of rotatable bonds is 2. The Hall–Kier alpha value is -0.330. The summed E-state index contributed by atoms with van der Waals surface area (Å²) >= 11 is 8.32. The molecule has 0 saturated carbocycles.